The first-order chi connectivity index (χ1) is 17.0. The van der Waals surface area contributed by atoms with Crippen molar-refractivity contribution in [1.29, 1.82) is 0 Å². The summed E-state index contributed by atoms with van der Waals surface area (Å²) in [6.45, 7) is 9.44. The fourth-order valence-electron chi connectivity index (χ4n) is 5.11. The van der Waals surface area contributed by atoms with Crippen LogP contribution in [0.15, 0.2) is 30.3 Å². The van der Waals surface area contributed by atoms with Crippen LogP contribution in [0.3, 0.4) is 0 Å². The van der Waals surface area contributed by atoms with E-state index < -0.39 is 23.8 Å². The molecule has 0 bridgehead atoms. The Balaban J connectivity index is 1.92. The van der Waals surface area contributed by atoms with Crippen molar-refractivity contribution in [2.45, 2.75) is 122 Å². The first kappa shape index (κ1) is 28.0. The molecule has 3 amide bonds. The number of nitrogens with one attached hydrogen (secondary N) is 2. The largest absolute Gasteiger partial charge is 0.444 e. The van der Waals surface area contributed by atoms with E-state index in [1.165, 1.54) is 6.42 Å². The molecule has 0 heterocycles. The van der Waals surface area contributed by atoms with Crippen molar-refractivity contribution in [2.75, 3.05) is 0 Å². The second kappa shape index (κ2) is 12.6. The van der Waals surface area contributed by atoms with Crippen LogP contribution in [0.4, 0.5) is 4.79 Å². The summed E-state index contributed by atoms with van der Waals surface area (Å²) >= 11 is 0. The van der Waals surface area contributed by atoms with Crippen LogP contribution >= 0.6 is 0 Å². The van der Waals surface area contributed by atoms with Gasteiger partial charge in [0.25, 0.3) is 0 Å². The quantitative estimate of drug-likeness (QED) is 0.470. The van der Waals surface area contributed by atoms with Gasteiger partial charge in [-0.2, -0.15) is 0 Å². The monoisotopic (exact) mass is 499 g/mol. The van der Waals surface area contributed by atoms with Crippen LogP contribution in [0, 0.1) is 5.92 Å². The summed E-state index contributed by atoms with van der Waals surface area (Å²) in [6, 6.07) is 8.17. The highest BCUT2D eigenvalue weighted by Crippen LogP contribution is 2.34. The third-order valence-electron chi connectivity index (χ3n) is 7.01. The lowest BCUT2D eigenvalue weighted by molar-refractivity contribution is -0.148. The predicted molar refractivity (Wildman–Crippen MR) is 141 cm³/mol. The van der Waals surface area contributed by atoms with E-state index in [0.717, 1.165) is 50.5 Å². The number of hydrogen-bond acceptors (Lipinski definition) is 4. The number of ether oxygens (including phenoxy) is 1. The number of rotatable bonds is 9. The summed E-state index contributed by atoms with van der Waals surface area (Å²) in [7, 11) is 0. The fourth-order valence-corrected chi connectivity index (χ4v) is 5.11. The second-order valence-electron chi connectivity index (χ2n) is 11.8. The van der Waals surface area contributed by atoms with Crippen molar-refractivity contribution in [3.05, 3.63) is 35.9 Å². The molecule has 0 aromatic heterocycles. The number of amides is 3. The van der Waals surface area contributed by atoms with Crippen LogP contribution in [-0.4, -0.2) is 46.5 Å². The Bertz CT molecular complexity index is 870. The number of carbonyl (C=O) groups is 3. The van der Waals surface area contributed by atoms with E-state index in [9.17, 15) is 14.4 Å². The Labute approximate surface area is 216 Å². The van der Waals surface area contributed by atoms with Gasteiger partial charge in [-0.1, -0.05) is 63.4 Å². The minimum Gasteiger partial charge on any atom is -0.444 e. The van der Waals surface area contributed by atoms with E-state index >= 15 is 0 Å². The van der Waals surface area contributed by atoms with Gasteiger partial charge in [-0.05, 0) is 70.8 Å². The molecule has 7 nitrogen and oxygen atoms in total. The van der Waals surface area contributed by atoms with Crippen molar-refractivity contribution >= 4 is 17.9 Å². The minimum absolute atomic E-state index is 0.0325. The zero-order valence-corrected chi connectivity index (χ0v) is 22.7. The van der Waals surface area contributed by atoms with E-state index in [1.54, 1.807) is 25.7 Å². The lowest BCUT2D eigenvalue weighted by Crippen LogP contribution is -2.58. The Morgan fingerprint density at radius 3 is 2.14 bits per heavy atom. The molecule has 0 radical (unpaired) electrons. The van der Waals surface area contributed by atoms with Crippen molar-refractivity contribution in [2.24, 2.45) is 5.92 Å². The third kappa shape index (κ3) is 7.97. The van der Waals surface area contributed by atoms with Crippen LogP contribution in [0.25, 0.3) is 0 Å². The maximum Gasteiger partial charge on any atom is 0.408 e. The number of carbonyl (C=O) groups excluding carboxylic acids is 3. The van der Waals surface area contributed by atoms with Gasteiger partial charge in [-0.25, -0.2) is 4.79 Å². The van der Waals surface area contributed by atoms with E-state index in [0.29, 0.717) is 6.42 Å². The van der Waals surface area contributed by atoms with Crippen LogP contribution in [0.2, 0.25) is 0 Å². The highest BCUT2D eigenvalue weighted by Gasteiger charge is 2.42. The smallest absolute Gasteiger partial charge is 0.408 e. The molecule has 2 fully saturated rings. The normalized spacial score (nSPS) is 18.6. The molecule has 2 N–H and O–H groups in total. The van der Waals surface area contributed by atoms with Gasteiger partial charge in [0.1, 0.15) is 17.7 Å². The molecule has 0 aliphatic heterocycles. The molecule has 1 aromatic carbocycles. The third-order valence-corrected chi connectivity index (χ3v) is 7.01. The highest BCUT2D eigenvalue weighted by molar-refractivity contribution is 5.92. The summed E-state index contributed by atoms with van der Waals surface area (Å²) in [6.07, 6.45) is 7.96. The zero-order valence-electron chi connectivity index (χ0n) is 22.7. The predicted octanol–water partition coefficient (Wildman–Crippen LogP) is 5.50. The van der Waals surface area contributed by atoms with Crippen LogP contribution in [0.1, 0.15) is 104 Å². The zero-order chi connectivity index (χ0) is 26.3. The molecule has 2 aliphatic carbocycles. The van der Waals surface area contributed by atoms with Gasteiger partial charge in [-0.3, -0.25) is 9.59 Å². The van der Waals surface area contributed by atoms with Gasteiger partial charge in [0, 0.05) is 12.1 Å². The number of benzene rings is 1. The van der Waals surface area contributed by atoms with Crippen molar-refractivity contribution in [3.63, 3.8) is 0 Å². The van der Waals surface area contributed by atoms with Crippen molar-refractivity contribution in [3.8, 4) is 0 Å². The first-order valence-electron chi connectivity index (χ1n) is 13.7. The number of hydrogen-bond donors (Lipinski definition) is 2. The SMILES string of the molecule is CC(C)CC(NC(=O)OC(C)(C)C)C(=O)N(C1CCC1)C(C(=O)NC1CCCCC1)c1ccccc1. The summed E-state index contributed by atoms with van der Waals surface area (Å²) in [5, 5.41) is 6.09. The lowest BCUT2D eigenvalue weighted by Gasteiger charge is -2.44. The Morgan fingerprint density at radius 2 is 1.61 bits per heavy atom. The molecule has 3 rings (SSSR count). The average Bonchev–Trinajstić information content (AvgIpc) is 2.76. The molecule has 200 valence electrons. The van der Waals surface area contributed by atoms with E-state index in [-0.39, 0.29) is 29.8 Å². The van der Waals surface area contributed by atoms with Crippen LogP contribution in [0.5, 0.6) is 0 Å². The molecule has 2 aliphatic rings. The fraction of sp³-hybridized carbons (Fsp3) is 0.690. The van der Waals surface area contributed by atoms with E-state index in [2.05, 4.69) is 10.6 Å². The molecule has 1 aromatic rings. The molecule has 0 spiro atoms. The van der Waals surface area contributed by atoms with Crippen LogP contribution in [-0.2, 0) is 14.3 Å². The maximum absolute atomic E-state index is 14.2. The summed E-state index contributed by atoms with van der Waals surface area (Å²) in [5.74, 6) is -0.177. The number of alkyl carbamates (subject to hydrolysis) is 1. The summed E-state index contributed by atoms with van der Waals surface area (Å²) in [5.41, 5.74) is 0.127. The maximum atomic E-state index is 14.2. The van der Waals surface area contributed by atoms with Crippen molar-refractivity contribution < 1.29 is 19.1 Å². The Hall–Kier alpha value is -2.57. The minimum atomic E-state index is -0.769. The van der Waals surface area contributed by atoms with Gasteiger partial charge < -0.3 is 20.3 Å². The molecule has 0 saturated heterocycles. The molecule has 7 heteroatoms. The Morgan fingerprint density at radius 1 is 0.972 bits per heavy atom. The molecule has 2 atom stereocenters. The van der Waals surface area contributed by atoms with E-state index in [1.807, 2.05) is 44.2 Å². The highest BCUT2D eigenvalue weighted by atomic mass is 16.6. The molecular weight excluding hydrogens is 454 g/mol. The first-order valence-corrected chi connectivity index (χ1v) is 13.7. The topological polar surface area (TPSA) is 87.7 Å². The van der Waals surface area contributed by atoms with Gasteiger partial charge >= 0.3 is 6.09 Å². The van der Waals surface area contributed by atoms with E-state index in [4.69, 9.17) is 4.74 Å². The number of nitrogens with zero attached hydrogens (tertiary/aromatic N) is 1. The van der Waals surface area contributed by atoms with Gasteiger partial charge in [0.15, 0.2) is 0 Å². The van der Waals surface area contributed by atoms with Gasteiger partial charge in [-0.15, -0.1) is 0 Å². The summed E-state index contributed by atoms with van der Waals surface area (Å²) < 4.78 is 5.47. The standard InChI is InChI=1S/C29H45N3O4/c1-20(2)19-24(31-28(35)36-29(3,4)5)27(34)32(23-17-12-18-23)25(21-13-8-6-9-14-21)26(33)30-22-15-10-7-11-16-22/h6,8-9,13-14,20,22-25H,7,10-12,15-19H2,1-5H3,(H,30,33)(H,31,35). The van der Waals surface area contributed by atoms with Gasteiger partial charge in [0.05, 0.1) is 0 Å². The van der Waals surface area contributed by atoms with Crippen molar-refractivity contribution in [1.82, 2.24) is 15.5 Å². The molecule has 36 heavy (non-hydrogen) atoms. The van der Waals surface area contributed by atoms with Gasteiger partial charge in [0.2, 0.25) is 11.8 Å². The summed E-state index contributed by atoms with van der Waals surface area (Å²) in [4.78, 5) is 42.5. The molecular formula is C29H45N3O4. The average molecular weight is 500 g/mol. The second-order valence-corrected chi connectivity index (χ2v) is 11.8. The molecule has 2 unspecified atom stereocenters. The van der Waals surface area contributed by atoms with Crippen LogP contribution < -0.4 is 10.6 Å². The Kier molecular flexibility index (Phi) is 9.80. The lowest BCUT2D eigenvalue weighted by atomic mass is 9.87. The molecule has 2 saturated carbocycles.